The Balaban J connectivity index is 2.33. The first-order valence-electron chi connectivity index (χ1n) is 5.01. The van der Waals surface area contributed by atoms with Gasteiger partial charge in [0.2, 0.25) is 5.78 Å². The number of hydrogen-bond acceptors (Lipinski definition) is 6. The number of nitro groups is 1. The van der Waals surface area contributed by atoms with Gasteiger partial charge in [-0.2, -0.15) is 0 Å². The van der Waals surface area contributed by atoms with Crippen molar-refractivity contribution in [2.75, 3.05) is 7.11 Å². The largest absolute Gasteiger partial charge is 0.494 e. The first kappa shape index (κ1) is 13.1. The molecule has 2 aromatic rings. The molecule has 98 valence electrons. The summed E-state index contributed by atoms with van der Waals surface area (Å²) >= 11 is 0.646. The molecule has 0 saturated heterocycles. The lowest BCUT2D eigenvalue weighted by molar-refractivity contribution is -0.380. The van der Waals surface area contributed by atoms with Crippen molar-refractivity contribution in [3.8, 4) is 5.75 Å². The van der Waals surface area contributed by atoms with Crippen LogP contribution in [-0.2, 0) is 0 Å². The number of ketones is 1. The van der Waals surface area contributed by atoms with Crippen LogP contribution < -0.4 is 4.74 Å². The molecule has 1 aromatic heterocycles. The van der Waals surface area contributed by atoms with Crippen LogP contribution in [0, 0.1) is 15.9 Å². The van der Waals surface area contributed by atoms with Crippen LogP contribution in [0.5, 0.6) is 5.75 Å². The molecule has 19 heavy (non-hydrogen) atoms. The van der Waals surface area contributed by atoms with Gasteiger partial charge in [-0.3, -0.25) is 14.9 Å². The molecule has 1 heterocycles. The molecule has 2 rings (SSSR count). The van der Waals surface area contributed by atoms with E-state index >= 15 is 0 Å². The number of rotatable bonds is 4. The summed E-state index contributed by atoms with van der Waals surface area (Å²) in [6.45, 7) is 0. The van der Waals surface area contributed by atoms with Crippen LogP contribution in [0.2, 0.25) is 0 Å². The number of halogens is 1. The van der Waals surface area contributed by atoms with E-state index in [0.717, 1.165) is 12.3 Å². The zero-order chi connectivity index (χ0) is 14.0. The molecule has 0 spiro atoms. The Hall–Kier alpha value is -2.35. The number of carbonyl (C=O) groups is 1. The molecule has 0 aliphatic carbocycles. The first-order valence-corrected chi connectivity index (χ1v) is 5.83. The highest BCUT2D eigenvalue weighted by atomic mass is 32.1. The molecule has 0 saturated carbocycles. The maximum absolute atomic E-state index is 13.5. The summed E-state index contributed by atoms with van der Waals surface area (Å²) in [7, 11) is 1.31. The molecule has 8 heteroatoms. The number of aromatic nitrogens is 1. The molecule has 0 radical (unpaired) electrons. The standard InChI is InChI=1S/C11H7FN2O4S/c1-18-8-3-2-6(4-7(8)12)10(15)11-13-5-9(19-11)14(16)17/h2-5H,1H3. The van der Waals surface area contributed by atoms with Gasteiger partial charge in [-0.05, 0) is 29.5 Å². The lowest BCUT2D eigenvalue weighted by Crippen LogP contribution is -2.01. The quantitative estimate of drug-likeness (QED) is 0.488. The SMILES string of the molecule is COc1ccc(C(=O)c2ncc([N+](=O)[O-])s2)cc1F. The van der Waals surface area contributed by atoms with Crippen LogP contribution in [0.1, 0.15) is 15.4 Å². The molecule has 0 aliphatic rings. The van der Waals surface area contributed by atoms with E-state index in [1.54, 1.807) is 0 Å². The van der Waals surface area contributed by atoms with Gasteiger partial charge in [-0.25, -0.2) is 9.37 Å². The van der Waals surface area contributed by atoms with Crippen molar-refractivity contribution in [1.82, 2.24) is 4.98 Å². The van der Waals surface area contributed by atoms with Crippen LogP contribution >= 0.6 is 11.3 Å². The highest BCUT2D eigenvalue weighted by Gasteiger charge is 2.19. The minimum Gasteiger partial charge on any atom is -0.494 e. The van der Waals surface area contributed by atoms with Crippen molar-refractivity contribution in [3.05, 3.63) is 50.9 Å². The number of carbonyl (C=O) groups excluding carboxylic acids is 1. The Morgan fingerprint density at radius 3 is 2.79 bits per heavy atom. The zero-order valence-electron chi connectivity index (χ0n) is 9.62. The summed E-state index contributed by atoms with van der Waals surface area (Å²) in [6, 6.07) is 3.69. The number of thiazole rings is 1. The number of ether oxygens (including phenoxy) is 1. The minimum atomic E-state index is -0.681. The van der Waals surface area contributed by atoms with Gasteiger partial charge < -0.3 is 4.74 Å². The number of hydrogen-bond donors (Lipinski definition) is 0. The van der Waals surface area contributed by atoms with Gasteiger partial charge in [-0.1, -0.05) is 0 Å². The number of benzene rings is 1. The summed E-state index contributed by atoms with van der Waals surface area (Å²) in [5.41, 5.74) is 0.0579. The van der Waals surface area contributed by atoms with Crippen molar-refractivity contribution in [2.45, 2.75) is 0 Å². The smallest absolute Gasteiger partial charge is 0.344 e. The molecule has 0 N–H and O–H groups in total. The second-order valence-corrected chi connectivity index (χ2v) is 4.45. The van der Waals surface area contributed by atoms with E-state index < -0.39 is 16.5 Å². The van der Waals surface area contributed by atoms with E-state index in [0.29, 0.717) is 11.3 Å². The lowest BCUT2D eigenvalue weighted by Gasteiger charge is -2.02. The fourth-order valence-electron chi connectivity index (χ4n) is 1.39. The van der Waals surface area contributed by atoms with Crippen molar-refractivity contribution in [2.24, 2.45) is 0 Å². The number of methoxy groups -OCH3 is 1. The van der Waals surface area contributed by atoms with Gasteiger partial charge >= 0.3 is 5.00 Å². The van der Waals surface area contributed by atoms with Crippen molar-refractivity contribution in [3.63, 3.8) is 0 Å². The van der Waals surface area contributed by atoms with E-state index in [-0.39, 0.29) is 21.3 Å². The molecule has 1 aromatic carbocycles. The maximum atomic E-state index is 13.5. The molecular weight excluding hydrogens is 275 g/mol. The van der Waals surface area contributed by atoms with Gasteiger partial charge in [0.05, 0.1) is 12.0 Å². The van der Waals surface area contributed by atoms with Crippen molar-refractivity contribution >= 4 is 22.1 Å². The number of nitrogens with zero attached hydrogens (tertiary/aromatic N) is 2. The first-order chi connectivity index (χ1) is 9.02. The van der Waals surface area contributed by atoms with E-state index in [2.05, 4.69) is 4.98 Å². The highest BCUT2D eigenvalue weighted by molar-refractivity contribution is 7.16. The third-order valence-electron chi connectivity index (χ3n) is 2.28. The summed E-state index contributed by atoms with van der Waals surface area (Å²) < 4.78 is 18.2. The predicted molar refractivity (Wildman–Crippen MR) is 65.2 cm³/mol. The topological polar surface area (TPSA) is 82.3 Å². The maximum Gasteiger partial charge on any atom is 0.344 e. The van der Waals surface area contributed by atoms with Crippen LogP contribution in [0.4, 0.5) is 9.39 Å². The van der Waals surface area contributed by atoms with E-state index in [9.17, 15) is 19.3 Å². The van der Waals surface area contributed by atoms with Crippen molar-refractivity contribution in [1.29, 1.82) is 0 Å². The normalized spacial score (nSPS) is 10.2. The molecule has 0 bridgehead atoms. The highest BCUT2D eigenvalue weighted by Crippen LogP contribution is 2.25. The fraction of sp³-hybridized carbons (Fsp3) is 0.0909. The fourth-order valence-corrected chi connectivity index (χ4v) is 2.08. The van der Waals surface area contributed by atoms with Gasteiger partial charge in [0, 0.05) is 5.56 Å². The molecule has 0 unspecified atom stereocenters. The van der Waals surface area contributed by atoms with E-state index in [4.69, 9.17) is 4.74 Å². The second-order valence-electron chi connectivity index (χ2n) is 3.44. The molecule has 0 fully saturated rings. The van der Waals surface area contributed by atoms with Crippen LogP contribution in [0.15, 0.2) is 24.4 Å². The summed E-state index contributed by atoms with van der Waals surface area (Å²) in [4.78, 5) is 25.5. The molecular formula is C11H7FN2O4S. The molecule has 0 atom stereocenters. The Morgan fingerprint density at radius 1 is 1.53 bits per heavy atom. The average molecular weight is 282 g/mol. The Morgan fingerprint density at radius 2 is 2.26 bits per heavy atom. The lowest BCUT2D eigenvalue weighted by atomic mass is 10.1. The van der Waals surface area contributed by atoms with E-state index in [1.807, 2.05) is 0 Å². The third-order valence-corrected chi connectivity index (χ3v) is 3.23. The van der Waals surface area contributed by atoms with Gasteiger partial charge in [0.25, 0.3) is 0 Å². The zero-order valence-corrected chi connectivity index (χ0v) is 10.4. The average Bonchev–Trinajstić information content (AvgIpc) is 2.87. The monoisotopic (exact) mass is 282 g/mol. The molecule has 0 amide bonds. The third kappa shape index (κ3) is 2.58. The Kier molecular flexibility index (Phi) is 3.52. The Bertz CT molecular complexity index is 656. The summed E-state index contributed by atoms with van der Waals surface area (Å²) in [6.07, 6.45) is 0.998. The van der Waals surface area contributed by atoms with Crippen LogP contribution in [-0.4, -0.2) is 22.8 Å². The van der Waals surface area contributed by atoms with Crippen LogP contribution in [0.3, 0.4) is 0 Å². The minimum absolute atomic E-state index is 0.0154. The second kappa shape index (κ2) is 5.11. The van der Waals surface area contributed by atoms with Gasteiger partial charge in [0.1, 0.15) is 6.20 Å². The van der Waals surface area contributed by atoms with Gasteiger partial charge in [-0.15, -0.1) is 0 Å². The van der Waals surface area contributed by atoms with E-state index in [1.165, 1.54) is 19.2 Å². The predicted octanol–water partition coefficient (Wildman–Crippen LogP) is 2.43. The van der Waals surface area contributed by atoms with Crippen molar-refractivity contribution < 1.29 is 18.8 Å². The molecule has 6 nitrogen and oxygen atoms in total. The summed E-state index contributed by atoms with van der Waals surface area (Å²) in [5, 5.41) is 10.2. The van der Waals surface area contributed by atoms with Crippen LogP contribution in [0.25, 0.3) is 0 Å². The Labute approximate surface area is 110 Å². The molecule has 0 aliphatic heterocycles. The van der Waals surface area contributed by atoms with Gasteiger partial charge in [0.15, 0.2) is 16.6 Å². The summed E-state index contributed by atoms with van der Waals surface area (Å²) in [5.74, 6) is -1.24.